The number of hydrogen-bond donors (Lipinski definition) is 2. The third-order valence-electron chi connectivity index (χ3n) is 2.23. The Morgan fingerprint density at radius 1 is 1.38 bits per heavy atom. The van der Waals surface area contributed by atoms with E-state index in [9.17, 15) is 9.59 Å². The van der Waals surface area contributed by atoms with Crippen LogP contribution >= 0.6 is 0 Å². The molecule has 1 heterocycles. The minimum Gasteiger partial charge on any atom is -0.459 e. The van der Waals surface area contributed by atoms with Gasteiger partial charge in [-0.2, -0.15) is 0 Å². The number of hydrogen-bond acceptors (Lipinski definition) is 3. The Labute approximate surface area is 94.2 Å². The van der Waals surface area contributed by atoms with E-state index in [1.807, 2.05) is 13.8 Å². The fraction of sp³-hybridized carbons (Fsp3) is 0.455. The van der Waals surface area contributed by atoms with E-state index in [0.717, 1.165) is 0 Å². The van der Waals surface area contributed by atoms with Crippen LogP contribution in [0.4, 0.5) is 0 Å². The SMILES string of the molecule is CNC(=O)C(NC(=O)c1ccco1)C(C)C. The molecular formula is C11H16N2O3. The summed E-state index contributed by atoms with van der Waals surface area (Å²) in [5, 5.41) is 5.14. The second-order valence-electron chi connectivity index (χ2n) is 3.79. The van der Waals surface area contributed by atoms with E-state index in [4.69, 9.17) is 4.42 Å². The molecule has 1 unspecified atom stereocenters. The Bertz CT molecular complexity index is 357. The van der Waals surface area contributed by atoms with Crippen molar-refractivity contribution in [2.45, 2.75) is 19.9 Å². The number of carbonyl (C=O) groups excluding carboxylic acids is 2. The second-order valence-corrected chi connectivity index (χ2v) is 3.79. The molecule has 2 N–H and O–H groups in total. The van der Waals surface area contributed by atoms with Gasteiger partial charge >= 0.3 is 0 Å². The Morgan fingerprint density at radius 2 is 2.06 bits per heavy atom. The van der Waals surface area contributed by atoms with E-state index in [-0.39, 0.29) is 23.5 Å². The van der Waals surface area contributed by atoms with Gasteiger partial charge in [0.1, 0.15) is 6.04 Å². The Hall–Kier alpha value is -1.78. The summed E-state index contributed by atoms with van der Waals surface area (Å²) in [6, 6.07) is 2.62. The van der Waals surface area contributed by atoms with Crippen molar-refractivity contribution in [3.63, 3.8) is 0 Å². The molecule has 0 radical (unpaired) electrons. The van der Waals surface area contributed by atoms with Crippen molar-refractivity contribution in [3.8, 4) is 0 Å². The number of amides is 2. The van der Waals surface area contributed by atoms with Crippen LogP contribution in [0.25, 0.3) is 0 Å². The van der Waals surface area contributed by atoms with Crippen molar-refractivity contribution >= 4 is 11.8 Å². The zero-order valence-corrected chi connectivity index (χ0v) is 9.61. The summed E-state index contributed by atoms with van der Waals surface area (Å²) in [6.07, 6.45) is 1.42. The van der Waals surface area contributed by atoms with Crippen LogP contribution in [-0.2, 0) is 4.79 Å². The maximum absolute atomic E-state index is 11.7. The lowest BCUT2D eigenvalue weighted by Gasteiger charge is -2.19. The zero-order valence-electron chi connectivity index (χ0n) is 9.61. The molecule has 1 aromatic rings. The van der Waals surface area contributed by atoms with Gasteiger partial charge in [-0.25, -0.2) is 0 Å². The van der Waals surface area contributed by atoms with Gasteiger partial charge in [0.2, 0.25) is 5.91 Å². The van der Waals surface area contributed by atoms with Gasteiger partial charge < -0.3 is 15.1 Å². The highest BCUT2D eigenvalue weighted by molar-refractivity contribution is 5.95. The molecule has 0 spiro atoms. The lowest BCUT2D eigenvalue weighted by Crippen LogP contribution is -2.48. The Kier molecular flexibility index (Phi) is 4.10. The third kappa shape index (κ3) is 2.85. The number of furan rings is 1. The predicted molar refractivity (Wildman–Crippen MR) is 58.9 cm³/mol. The summed E-state index contributed by atoms with van der Waals surface area (Å²) in [5.41, 5.74) is 0. The van der Waals surface area contributed by atoms with Gasteiger partial charge in [0.15, 0.2) is 5.76 Å². The van der Waals surface area contributed by atoms with Crippen molar-refractivity contribution in [2.75, 3.05) is 7.05 Å². The van der Waals surface area contributed by atoms with E-state index >= 15 is 0 Å². The molecule has 1 rings (SSSR count). The van der Waals surface area contributed by atoms with Gasteiger partial charge in [0.05, 0.1) is 6.26 Å². The van der Waals surface area contributed by atoms with Crippen LogP contribution in [0.5, 0.6) is 0 Å². The number of likely N-dealkylation sites (N-methyl/N-ethyl adjacent to an activating group) is 1. The molecule has 0 aliphatic heterocycles. The summed E-state index contributed by atoms with van der Waals surface area (Å²) in [6.45, 7) is 3.73. The summed E-state index contributed by atoms with van der Waals surface area (Å²) in [4.78, 5) is 23.2. The van der Waals surface area contributed by atoms with Crippen LogP contribution in [0.2, 0.25) is 0 Å². The van der Waals surface area contributed by atoms with Crippen molar-refractivity contribution < 1.29 is 14.0 Å². The average molecular weight is 224 g/mol. The molecule has 0 aliphatic rings. The summed E-state index contributed by atoms with van der Waals surface area (Å²) >= 11 is 0. The van der Waals surface area contributed by atoms with E-state index < -0.39 is 6.04 Å². The molecule has 1 aromatic heterocycles. The van der Waals surface area contributed by atoms with Gasteiger partial charge in [-0.05, 0) is 18.1 Å². The number of nitrogens with one attached hydrogen (secondary N) is 2. The van der Waals surface area contributed by atoms with Crippen LogP contribution < -0.4 is 10.6 Å². The minimum absolute atomic E-state index is 0.0128. The van der Waals surface area contributed by atoms with E-state index in [0.29, 0.717) is 0 Å². The molecule has 0 aliphatic carbocycles. The first-order valence-corrected chi connectivity index (χ1v) is 5.12. The Morgan fingerprint density at radius 3 is 2.50 bits per heavy atom. The fourth-order valence-corrected chi connectivity index (χ4v) is 1.31. The van der Waals surface area contributed by atoms with Crippen molar-refractivity contribution in [2.24, 2.45) is 5.92 Å². The largest absolute Gasteiger partial charge is 0.459 e. The molecule has 0 saturated heterocycles. The van der Waals surface area contributed by atoms with Crippen LogP contribution in [0, 0.1) is 5.92 Å². The van der Waals surface area contributed by atoms with Crippen LogP contribution in [0.15, 0.2) is 22.8 Å². The second kappa shape index (κ2) is 5.34. The topological polar surface area (TPSA) is 71.3 Å². The molecule has 2 amide bonds. The average Bonchev–Trinajstić information content (AvgIpc) is 2.77. The molecule has 88 valence electrons. The summed E-state index contributed by atoms with van der Waals surface area (Å²) in [5.74, 6) is -0.379. The number of rotatable bonds is 4. The van der Waals surface area contributed by atoms with E-state index in [1.165, 1.54) is 13.3 Å². The van der Waals surface area contributed by atoms with Crippen LogP contribution in [0.1, 0.15) is 24.4 Å². The monoisotopic (exact) mass is 224 g/mol. The van der Waals surface area contributed by atoms with Gasteiger partial charge in [0.25, 0.3) is 5.91 Å². The molecular weight excluding hydrogens is 208 g/mol. The van der Waals surface area contributed by atoms with E-state index in [1.54, 1.807) is 12.1 Å². The maximum atomic E-state index is 11.7. The molecule has 0 saturated carbocycles. The molecule has 5 nitrogen and oxygen atoms in total. The standard InChI is InChI=1S/C11H16N2O3/c1-7(2)9(11(15)12-3)13-10(14)8-5-4-6-16-8/h4-7,9H,1-3H3,(H,12,15)(H,13,14). The fourth-order valence-electron chi connectivity index (χ4n) is 1.31. The van der Waals surface area contributed by atoms with Gasteiger partial charge in [-0.3, -0.25) is 9.59 Å². The minimum atomic E-state index is -0.553. The lowest BCUT2D eigenvalue weighted by atomic mass is 10.0. The molecule has 0 bridgehead atoms. The molecule has 0 fully saturated rings. The van der Waals surface area contributed by atoms with Gasteiger partial charge in [-0.15, -0.1) is 0 Å². The highest BCUT2D eigenvalue weighted by Crippen LogP contribution is 2.05. The normalized spacial score (nSPS) is 12.2. The van der Waals surface area contributed by atoms with Crippen LogP contribution in [0.3, 0.4) is 0 Å². The van der Waals surface area contributed by atoms with Crippen LogP contribution in [-0.4, -0.2) is 24.9 Å². The summed E-state index contributed by atoms with van der Waals surface area (Å²) < 4.78 is 4.95. The first-order chi connectivity index (χ1) is 7.56. The smallest absolute Gasteiger partial charge is 0.287 e. The number of carbonyl (C=O) groups is 2. The first-order valence-electron chi connectivity index (χ1n) is 5.12. The van der Waals surface area contributed by atoms with Crippen molar-refractivity contribution in [3.05, 3.63) is 24.2 Å². The van der Waals surface area contributed by atoms with Crippen molar-refractivity contribution in [1.29, 1.82) is 0 Å². The zero-order chi connectivity index (χ0) is 12.1. The van der Waals surface area contributed by atoms with E-state index in [2.05, 4.69) is 10.6 Å². The third-order valence-corrected chi connectivity index (χ3v) is 2.23. The van der Waals surface area contributed by atoms with Gasteiger partial charge in [0, 0.05) is 7.05 Å². The molecule has 16 heavy (non-hydrogen) atoms. The Balaban J connectivity index is 2.69. The highest BCUT2D eigenvalue weighted by atomic mass is 16.3. The quantitative estimate of drug-likeness (QED) is 0.794. The first kappa shape index (κ1) is 12.3. The van der Waals surface area contributed by atoms with Crippen molar-refractivity contribution in [1.82, 2.24) is 10.6 Å². The highest BCUT2D eigenvalue weighted by Gasteiger charge is 2.24. The van der Waals surface area contributed by atoms with Gasteiger partial charge in [-0.1, -0.05) is 13.8 Å². The molecule has 1 atom stereocenters. The predicted octanol–water partition coefficient (Wildman–Crippen LogP) is 0.780. The lowest BCUT2D eigenvalue weighted by molar-refractivity contribution is -0.123. The maximum Gasteiger partial charge on any atom is 0.287 e. The molecule has 5 heteroatoms. The molecule has 0 aromatic carbocycles. The summed E-state index contributed by atoms with van der Waals surface area (Å²) in [7, 11) is 1.54.